The first-order chi connectivity index (χ1) is 13.3. The molecule has 1 aliphatic rings. The number of halogens is 2. The van der Waals surface area contributed by atoms with E-state index in [-0.39, 0.29) is 18.4 Å². The number of primary amides is 1. The maximum absolute atomic E-state index is 14.4. The van der Waals surface area contributed by atoms with E-state index < -0.39 is 35.7 Å². The van der Waals surface area contributed by atoms with Crippen LogP contribution in [0.2, 0.25) is 0 Å². The Bertz CT molecular complexity index is 966. The molecule has 146 valence electrons. The minimum atomic E-state index is -1.98. The van der Waals surface area contributed by atoms with Crippen molar-refractivity contribution in [1.29, 1.82) is 0 Å². The van der Waals surface area contributed by atoms with Crippen LogP contribution in [0, 0.1) is 11.6 Å². The lowest BCUT2D eigenvalue weighted by molar-refractivity contribution is -0.114. The molecule has 0 aromatic heterocycles. The van der Waals surface area contributed by atoms with Crippen molar-refractivity contribution in [2.45, 2.75) is 12.1 Å². The van der Waals surface area contributed by atoms with Crippen LogP contribution in [0.25, 0.3) is 0 Å². The number of urea groups is 1. The Kier molecular flexibility index (Phi) is 5.00. The first-order valence-corrected chi connectivity index (χ1v) is 8.25. The highest BCUT2D eigenvalue weighted by atomic mass is 19.1. The molecule has 1 unspecified atom stereocenters. The number of nitrogens with two attached hydrogens (primary N) is 1. The zero-order valence-corrected chi connectivity index (χ0v) is 14.9. The summed E-state index contributed by atoms with van der Waals surface area (Å²) < 4.78 is 32.8. The Morgan fingerprint density at radius 2 is 2.07 bits per heavy atom. The van der Waals surface area contributed by atoms with E-state index in [1.54, 1.807) is 18.2 Å². The summed E-state index contributed by atoms with van der Waals surface area (Å²) in [5.41, 5.74) is 3.95. The van der Waals surface area contributed by atoms with Gasteiger partial charge in [-0.1, -0.05) is 12.1 Å². The van der Waals surface area contributed by atoms with Crippen LogP contribution in [0.5, 0.6) is 5.75 Å². The minimum Gasteiger partial charge on any atom is -0.497 e. The first kappa shape index (κ1) is 19.3. The SMILES string of the molecule is COc1ccc2c(c1)C(=O)N(CC(C=O)(NC(N)=O)c1ccc(F)cc1F)C2. The smallest absolute Gasteiger partial charge is 0.313 e. The highest BCUT2D eigenvalue weighted by Gasteiger charge is 2.41. The van der Waals surface area contributed by atoms with Gasteiger partial charge in [0.15, 0.2) is 6.29 Å². The number of nitrogens with zero attached hydrogens (tertiary/aromatic N) is 1. The molecule has 0 aliphatic carbocycles. The van der Waals surface area contributed by atoms with Gasteiger partial charge in [-0.15, -0.1) is 0 Å². The van der Waals surface area contributed by atoms with Crippen molar-refractivity contribution < 1.29 is 27.9 Å². The first-order valence-electron chi connectivity index (χ1n) is 8.25. The third-order valence-corrected chi connectivity index (χ3v) is 4.60. The second-order valence-electron chi connectivity index (χ2n) is 6.39. The van der Waals surface area contributed by atoms with Crippen LogP contribution in [-0.2, 0) is 16.9 Å². The van der Waals surface area contributed by atoms with Crippen molar-refractivity contribution in [3.63, 3.8) is 0 Å². The van der Waals surface area contributed by atoms with Crippen molar-refractivity contribution in [3.05, 3.63) is 64.7 Å². The largest absolute Gasteiger partial charge is 0.497 e. The Balaban J connectivity index is 2.00. The Morgan fingerprint density at radius 1 is 1.32 bits per heavy atom. The molecule has 0 saturated carbocycles. The Hall–Kier alpha value is -3.49. The molecule has 3 rings (SSSR count). The molecule has 0 fully saturated rings. The maximum atomic E-state index is 14.4. The molecule has 0 spiro atoms. The standard InChI is InChI=1S/C19H17F2N3O4/c1-28-13-4-2-11-8-24(17(26)14(11)7-13)9-19(10-25,23-18(22)27)15-5-3-12(20)6-16(15)21/h2-7,10H,8-9H2,1H3,(H3,22,23,27). The molecular weight excluding hydrogens is 372 g/mol. The lowest BCUT2D eigenvalue weighted by Gasteiger charge is -2.33. The number of aldehydes is 1. The van der Waals surface area contributed by atoms with Gasteiger partial charge < -0.3 is 25.5 Å². The number of hydrogen-bond acceptors (Lipinski definition) is 4. The van der Waals surface area contributed by atoms with Gasteiger partial charge in [0, 0.05) is 23.7 Å². The molecular formula is C19H17F2N3O4. The summed E-state index contributed by atoms with van der Waals surface area (Å²) in [6, 6.07) is 6.42. The van der Waals surface area contributed by atoms with Gasteiger partial charge in [-0.2, -0.15) is 0 Å². The Labute approximate surface area is 159 Å². The molecule has 1 heterocycles. The molecule has 3 amide bonds. The number of methoxy groups -OCH3 is 1. The van der Waals surface area contributed by atoms with E-state index >= 15 is 0 Å². The number of ether oxygens (including phenoxy) is 1. The van der Waals surface area contributed by atoms with Crippen molar-refractivity contribution in [1.82, 2.24) is 10.2 Å². The van der Waals surface area contributed by atoms with E-state index in [0.29, 0.717) is 22.9 Å². The van der Waals surface area contributed by atoms with Crippen LogP contribution in [0.4, 0.5) is 13.6 Å². The van der Waals surface area contributed by atoms with Crippen molar-refractivity contribution in [2.24, 2.45) is 5.73 Å². The molecule has 0 saturated heterocycles. The van der Waals surface area contributed by atoms with E-state index in [1.165, 1.54) is 12.0 Å². The lowest BCUT2D eigenvalue weighted by Crippen LogP contribution is -2.56. The summed E-state index contributed by atoms with van der Waals surface area (Å²) in [6.45, 7) is -0.255. The number of rotatable bonds is 6. The predicted octanol–water partition coefficient (Wildman–Crippen LogP) is 1.69. The molecule has 0 radical (unpaired) electrons. The summed E-state index contributed by atoms with van der Waals surface area (Å²) in [7, 11) is 1.46. The minimum absolute atomic E-state index is 0.136. The van der Waals surface area contributed by atoms with Gasteiger partial charge in [0.25, 0.3) is 5.91 Å². The summed E-state index contributed by atoms with van der Waals surface area (Å²) in [4.78, 5) is 37.5. The van der Waals surface area contributed by atoms with Crippen LogP contribution in [0.15, 0.2) is 36.4 Å². The normalized spacial score (nSPS) is 15.0. The van der Waals surface area contributed by atoms with Gasteiger partial charge in [0.2, 0.25) is 0 Å². The third-order valence-electron chi connectivity index (χ3n) is 4.60. The summed E-state index contributed by atoms with van der Waals surface area (Å²) in [5.74, 6) is -1.84. The van der Waals surface area contributed by atoms with Crippen molar-refractivity contribution in [3.8, 4) is 5.75 Å². The molecule has 2 aromatic rings. The van der Waals surface area contributed by atoms with E-state index in [1.807, 2.05) is 0 Å². The van der Waals surface area contributed by atoms with E-state index in [9.17, 15) is 23.2 Å². The van der Waals surface area contributed by atoms with E-state index in [0.717, 1.165) is 12.1 Å². The van der Waals surface area contributed by atoms with Gasteiger partial charge in [0.1, 0.15) is 22.9 Å². The van der Waals surface area contributed by atoms with E-state index in [4.69, 9.17) is 10.5 Å². The van der Waals surface area contributed by atoms with Gasteiger partial charge in [-0.3, -0.25) is 4.79 Å². The summed E-state index contributed by atoms with van der Waals surface area (Å²) in [6.07, 6.45) is 0.283. The van der Waals surface area contributed by atoms with Gasteiger partial charge in [-0.25, -0.2) is 13.6 Å². The van der Waals surface area contributed by atoms with Crippen LogP contribution >= 0.6 is 0 Å². The zero-order valence-electron chi connectivity index (χ0n) is 14.9. The monoisotopic (exact) mass is 389 g/mol. The third kappa shape index (κ3) is 3.38. The summed E-state index contributed by atoms with van der Waals surface area (Å²) >= 11 is 0. The average Bonchev–Trinajstić information content (AvgIpc) is 2.95. The molecule has 28 heavy (non-hydrogen) atoms. The molecule has 0 bridgehead atoms. The van der Waals surface area contributed by atoms with Gasteiger partial charge in [0.05, 0.1) is 13.7 Å². The molecule has 1 aliphatic heterocycles. The number of fused-ring (bicyclic) bond motifs is 1. The maximum Gasteiger partial charge on any atom is 0.313 e. The van der Waals surface area contributed by atoms with Crippen LogP contribution < -0.4 is 15.8 Å². The van der Waals surface area contributed by atoms with Gasteiger partial charge >= 0.3 is 6.03 Å². The molecule has 3 N–H and O–H groups in total. The number of hydrogen-bond donors (Lipinski definition) is 2. The number of carbonyl (C=O) groups is 3. The van der Waals surface area contributed by atoms with Crippen molar-refractivity contribution >= 4 is 18.2 Å². The van der Waals surface area contributed by atoms with Crippen LogP contribution in [0.3, 0.4) is 0 Å². The molecule has 2 aromatic carbocycles. The van der Waals surface area contributed by atoms with Crippen LogP contribution in [0.1, 0.15) is 21.5 Å². The number of nitrogens with one attached hydrogen (secondary N) is 1. The fourth-order valence-corrected chi connectivity index (χ4v) is 3.29. The van der Waals surface area contributed by atoms with Crippen LogP contribution in [-0.4, -0.2) is 36.8 Å². The highest BCUT2D eigenvalue weighted by molar-refractivity contribution is 5.99. The number of amides is 3. The fraction of sp³-hybridized carbons (Fsp3) is 0.211. The molecule has 7 nitrogen and oxygen atoms in total. The highest BCUT2D eigenvalue weighted by Crippen LogP contribution is 2.31. The van der Waals surface area contributed by atoms with E-state index in [2.05, 4.69) is 5.32 Å². The van der Waals surface area contributed by atoms with Gasteiger partial charge in [-0.05, 0) is 23.8 Å². The molecule has 1 atom stereocenters. The fourth-order valence-electron chi connectivity index (χ4n) is 3.29. The average molecular weight is 389 g/mol. The quantitative estimate of drug-likeness (QED) is 0.734. The predicted molar refractivity (Wildman–Crippen MR) is 94.6 cm³/mol. The zero-order chi connectivity index (χ0) is 20.5. The lowest BCUT2D eigenvalue weighted by atomic mass is 9.90. The second-order valence-corrected chi connectivity index (χ2v) is 6.39. The van der Waals surface area contributed by atoms with Crippen molar-refractivity contribution in [2.75, 3.05) is 13.7 Å². The topological polar surface area (TPSA) is 102 Å². The number of benzene rings is 2. The molecule has 9 heteroatoms. The second kappa shape index (κ2) is 7.26. The summed E-state index contributed by atoms with van der Waals surface area (Å²) in [5, 5.41) is 2.21. The number of carbonyl (C=O) groups excluding carboxylic acids is 3. The Morgan fingerprint density at radius 3 is 2.68 bits per heavy atom.